The second-order valence-corrected chi connectivity index (χ2v) is 32.7. The SMILES string of the molecule is CC(C)(C)c1cc(-c2ccccn2)[n-]n1.O=C(O)c1cccc(C(=O)O)n1.O=C(O)c1ccccn1.Oc1ccccc1-c1cccc(-c2cccc(-c3ccccc3O)n2)n1.[Ir+3].[Ir].[Ir].[Ir].[c-]1ccccc1-c1[c-]c(-c2ccccn2)ccc1.[c-]1ccccc1-c1ccc2ccc3cccnc3c2n1.[c-]1ccccc1-c1ccc2ccc3cccnc3c2n1.[c-]1ccccc1-c1cccc(-c2cccc(-c3[c-]cccc3)n2)n1. The van der Waals surface area contributed by atoms with Gasteiger partial charge in [0.1, 0.15) is 28.6 Å². The molecule has 0 amide bonds. The summed E-state index contributed by atoms with van der Waals surface area (Å²) in [6.07, 6.45) is 8.63. The molecule has 26 heteroatoms. The number of fused-ring (bicyclic) bond motifs is 6. The molecule has 23 aromatic rings. The van der Waals surface area contributed by atoms with E-state index in [4.69, 9.17) is 35.3 Å². The van der Waals surface area contributed by atoms with E-state index >= 15 is 0 Å². The van der Waals surface area contributed by atoms with Crippen LogP contribution in [0.2, 0.25) is 0 Å². The summed E-state index contributed by atoms with van der Waals surface area (Å²) in [5, 5.41) is 58.1. The molecule has 23 rings (SSSR count). The van der Waals surface area contributed by atoms with Crippen LogP contribution in [0.4, 0.5) is 0 Å². The van der Waals surface area contributed by atoms with Crippen molar-refractivity contribution >= 4 is 61.5 Å². The zero-order valence-corrected chi connectivity index (χ0v) is 88.8. The maximum absolute atomic E-state index is 10.3. The van der Waals surface area contributed by atoms with E-state index in [1.807, 2.05) is 316 Å². The fraction of sp³-hybridized carbons (Fsp3) is 0.0328. The van der Waals surface area contributed by atoms with Gasteiger partial charge in [0.15, 0.2) is 0 Å². The van der Waals surface area contributed by atoms with Gasteiger partial charge in [0.25, 0.3) is 0 Å². The molecule has 3 radical (unpaired) electrons. The van der Waals surface area contributed by atoms with E-state index in [0.29, 0.717) is 33.9 Å². The van der Waals surface area contributed by atoms with Crippen molar-refractivity contribution in [3.63, 3.8) is 0 Å². The van der Waals surface area contributed by atoms with Crippen molar-refractivity contribution in [2.24, 2.45) is 0 Å². The number of carbonyl (C=O) groups is 3. The molecule has 0 saturated heterocycles. The quantitative estimate of drug-likeness (QED) is 0.0499. The Bertz CT molecular complexity index is 7870. The summed E-state index contributed by atoms with van der Waals surface area (Å²) in [6.45, 7) is 6.37. The molecule has 0 aliphatic rings. The zero-order chi connectivity index (χ0) is 99.8. The number of hydrogen-bond acceptors (Lipinski definition) is 18. The number of aromatic hydroxyl groups is 2. The van der Waals surface area contributed by atoms with Gasteiger partial charge < -0.3 is 35.7 Å². The van der Waals surface area contributed by atoms with Crippen molar-refractivity contribution in [3.8, 4) is 136 Å². The molecule has 13 heterocycles. The van der Waals surface area contributed by atoms with Crippen LogP contribution in [-0.4, -0.2) is 108 Å². The topological polar surface area (TPSA) is 334 Å². The Morgan fingerprint density at radius 2 is 0.568 bits per heavy atom. The molecule has 148 heavy (non-hydrogen) atoms. The van der Waals surface area contributed by atoms with Gasteiger partial charge in [-0.1, -0.05) is 184 Å². The van der Waals surface area contributed by atoms with Gasteiger partial charge in [-0.3, -0.25) is 39.9 Å². The minimum atomic E-state index is -1.24. The second-order valence-electron chi connectivity index (χ2n) is 32.7. The van der Waals surface area contributed by atoms with Crippen LogP contribution in [0, 0.1) is 36.4 Å². The minimum Gasteiger partial charge on any atom is -0.573 e. The van der Waals surface area contributed by atoms with Crippen LogP contribution in [0.1, 0.15) is 57.9 Å². The molecule has 0 atom stereocenters. The number of nitrogens with zero attached hydrogens (tertiary/aromatic N) is 14. The number of benzene rings is 10. The molecule has 0 unspecified atom stereocenters. The average molecular weight is 2650 g/mol. The third-order valence-corrected chi connectivity index (χ3v) is 21.7. The number of aromatic nitrogens is 14. The van der Waals surface area contributed by atoms with Gasteiger partial charge in [0, 0.05) is 146 Å². The predicted molar refractivity (Wildman–Crippen MR) is 562 cm³/mol. The maximum atomic E-state index is 10.3. The Morgan fingerprint density at radius 3 is 0.939 bits per heavy atom. The number of rotatable bonds is 14. The van der Waals surface area contributed by atoms with Gasteiger partial charge >= 0.3 is 38.0 Å². The van der Waals surface area contributed by atoms with Gasteiger partial charge in [-0.15, -0.1) is 167 Å². The zero-order valence-electron chi connectivity index (χ0n) is 79.2. The van der Waals surface area contributed by atoms with Crippen LogP contribution in [0.5, 0.6) is 11.5 Å². The Hall–Kier alpha value is -17.1. The van der Waals surface area contributed by atoms with Crippen LogP contribution in [0.3, 0.4) is 0 Å². The van der Waals surface area contributed by atoms with E-state index in [0.717, 1.165) is 139 Å². The van der Waals surface area contributed by atoms with Gasteiger partial charge in [0.2, 0.25) is 0 Å². The first-order valence-electron chi connectivity index (χ1n) is 45.4. The second kappa shape index (κ2) is 54.5. The Kier molecular flexibility index (Phi) is 40.4. The molecule has 10 aromatic carbocycles. The number of aromatic carboxylic acids is 3. The summed E-state index contributed by atoms with van der Waals surface area (Å²) >= 11 is 0. The summed E-state index contributed by atoms with van der Waals surface area (Å²) in [4.78, 5) is 83.6. The number of hydrogen-bond donors (Lipinski definition) is 5. The molecule has 13 aromatic heterocycles. The molecular weight excluding hydrogens is 2560 g/mol. The summed E-state index contributed by atoms with van der Waals surface area (Å²) in [6, 6.07) is 149. The van der Waals surface area contributed by atoms with Crippen LogP contribution in [-0.2, 0) is 85.8 Å². The van der Waals surface area contributed by atoms with E-state index in [1.165, 1.54) is 30.5 Å². The van der Waals surface area contributed by atoms with Gasteiger partial charge in [-0.2, -0.15) is 42.0 Å². The molecule has 733 valence electrons. The van der Waals surface area contributed by atoms with Gasteiger partial charge in [0.05, 0.1) is 56.2 Å². The smallest absolute Gasteiger partial charge is 0.573 e. The molecule has 0 aliphatic heterocycles. The van der Waals surface area contributed by atoms with E-state index in [-0.39, 0.29) is 114 Å². The van der Waals surface area contributed by atoms with Crippen molar-refractivity contribution in [2.45, 2.75) is 26.2 Å². The molecule has 0 bridgehead atoms. The first kappa shape index (κ1) is 110. The van der Waals surface area contributed by atoms with E-state index in [1.54, 1.807) is 48.8 Å². The number of carboxylic acid groups (broad SMARTS) is 3. The number of phenolic OH excluding ortho intramolecular Hbond substituents is 2. The normalized spacial score (nSPS) is 10.3. The number of para-hydroxylation sites is 2. The number of phenols is 2. The van der Waals surface area contributed by atoms with E-state index in [2.05, 4.69) is 156 Å². The Balaban J connectivity index is 0.000000152. The van der Waals surface area contributed by atoms with Crippen molar-refractivity contribution < 1.29 is 120 Å². The minimum absolute atomic E-state index is 0. The molecule has 5 N–H and O–H groups in total. The first-order chi connectivity index (χ1) is 70.4. The van der Waals surface area contributed by atoms with Gasteiger partial charge in [-0.25, -0.2) is 39.9 Å². The van der Waals surface area contributed by atoms with Crippen LogP contribution in [0.25, 0.3) is 168 Å². The van der Waals surface area contributed by atoms with Crippen molar-refractivity contribution in [3.05, 3.63) is 503 Å². The summed E-state index contributed by atoms with van der Waals surface area (Å²) in [5.41, 5.74) is 23.5. The van der Waals surface area contributed by atoms with Crippen LogP contribution < -0.4 is 5.10 Å². The Labute approximate surface area is 908 Å². The molecule has 0 saturated carbocycles. The molecular formula is C122H87Ir4N14O8-4. The average Bonchev–Trinajstić information content (AvgIpc) is 0.830. The molecule has 0 spiro atoms. The molecule has 22 nitrogen and oxygen atoms in total. The largest absolute Gasteiger partial charge is 3.00 e. The number of carboxylic acids is 3. The fourth-order valence-electron chi connectivity index (χ4n) is 14.6. The molecule has 0 fully saturated rings. The van der Waals surface area contributed by atoms with Crippen molar-refractivity contribution in [1.82, 2.24) is 70.0 Å². The predicted octanol–water partition coefficient (Wildman–Crippen LogP) is 26.1. The van der Waals surface area contributed by atoms with E-state index < -0.39 is 17.9 Å². The first-order valence-corrected chi connectivity index (χ1v) is 45.4. The van der Waals surface area contributed by atoms with Crippen LogP contribution >= 0.6 is 0 Å². The third-order valence-electron chi connectivity index (χ3n) is 21.7. The van der Waals surface area contributed by atoms with Gasteiger partial charge in [-0.05, 0) is 138 Å². The van der Waals surface area contributed by atoms with E-state index in [9.17, 15) is 24.6 Å². The standard InChI is InChI=1S/C22H16N2O2.C22H14N2.2C18H11N2.C17H11N.C12H14N3.C7H5NO4.C6H5NO2.4Ir/c25-21-13-3-1-7-15(21)17-9-5-11-19(23-17)20-12-6-10-18(24-20)16-8-2-4-14-22(16)26;1-3-9-17(10-4-1)19-13-7-15-21(23-19)22-16-8-14-20(24-22)18-11-5-2-6-12-18;2*1-2-5-13(6-3-1)16-11-10-15-9-8-14-7-4-12-19-17(14)18(15)20-16;1-2-7-14(8-3-1)15-9-6-10-16(13-15)17-11-4-5-12-18-17;1-12(2,3)11-8-10(14-15-11)9-6-4-5-7-13-9;9-6(10)4-2-1-3-5(8-4)7(11)12;8-6(9)5-3-1-2-4-7-5;;;;/h1-14,25-26H;1-9,11,13-16H;2*1-5,7-12H;1-7,9-12H;4-8H,1-3H3;1-3H,(H,9,10)(H,11,12);1-4H,(H,8,9);;;;/q;-2;2*-1;-2;-1;;;;;;+3. The van der Waals surface area contributed by atoms with Crippen LogP contribution in [0.15, 0.2) is 443 Å². The third kappa shape index (κ3) is 29.8. The summed E-state index contributed by atoms with van der Waals surface area (Å²) in [5.74, 6) is -3.09. The molecule has 0 aliphatic carbocycles. The number of pyridine rings is 12. The monoisotopic (exact) mass is 2650 g/mol. The summed E-state index contributed by atoms with van der Waals surface area (Å²) < 4.78 is 0. The maximum Gasteiger partial charge on any atom is 3.00 e. The fourth-order valence-corrected chi connectivity index (χ4v) is 14.6. The van der Waals surface area contributed by atoms with Crippen molar-refractivity contribution in [1.29, 1.82) is 0 Å². The Morgan fingerprint density at radius 1 is 0.257 bits per heavy atom. The summed E-state index contributed by atoms with van der Waals surface area (Å²) in [7, 11) is 0. The van der Waals surface area contributed by atoms with Crippen molar-refractivity contribution in [2.75, 3.05) is 0 Å².